The molecule has 5 nitrogen and oxygen atoms in total. The van der Waals surface area contributed by atoms with Crippen LogP contribution in [0.1, 0.15) is 51.4 Å². The Morgan fingerprint density at radius 3 is 1.91 bits per heavy atom. The molecule has 0 amide bonds. The van der Waals surface area contributed by atoms with Crippen molar-refractivity contribution >= 4 is 0 Å². The molecule has 0 aliphatic heterocycles. The highest BCUT2D eigenvalue weighted by atomic mass is 35.5. The molecule has 0 bridgehead atoms. The van der Waals surface area contributed by atoms with E-state index in [-0.39, 0.29) is 12.4 Å². The van der Waals surface area contributed by atoms with E-state index in [1.54, 1.807) is 21.3 Å². The molecule has 0 atom stereocenters. The molecule has 22 heavy (non-hydrogen) atoms. The van der Waals surface area contributed by atoms with Crippen LogP contribution >= 0.6 is 0 Å². The first-order valence-electron chi connectivity index (χ1n) is 7.93. The van der Waals surface area contributed by atoms with Crippen LogP contribution in [0.5, 0.6) is 0 Å². The SMILES string of the molecule is COC(CCCCCCCCC[n+]1cc[nH]c1)(OC)OC.[Cl-]. The van der Waals surface area contributed by atoms with Crippen LogP contribution in [-0.4, -0.2) is 32.3 Å². The molecule has 0 fully saturated rings. The van der Waals surface area contributed by atoms with Crippen LogP contribution in [0.2, 0.25) is 0 Å². The molecule has 1 rings (SSSR count). The third-order valence-electron chi connectivity index (χ3n) is 3.93. The summed E-state index contributed by atoms with van der Waals surface area (Å²) in [4.78, 5) is 3.06. The maximum Gasteiger partial charge on any atom is 0.282 e. The molecule has 0 aliphatic rings. The first-order valence-corrected chi connectivity index (χ1v) is 7.93. The number of aromatic nitrogens is 2. The normalized spacial score (nSPS) is 11.4. The molecular formula is C16H31ClN2O3. The number of hydrogen-bond acceptors (Lipinski definition) is 3. The van der Waals surface area contributed by atoms with Gasteiger partial charge < -0.3 is 26.6 Å². The zero-order valence-corrected chi connectivity index (χ0v) is 14.9. The highest BCUT2D eigenvalue weighted by Crippen LogP contribution is 2.21. The summed E-state index contributed by atoms with van der Waals surface area (Å²) in [6.45, 7) is 1.11. The smallest absolute Gasteiger partial charge is 0.282 e. The Labute approximate surface area is 140 Å². The number of imidazole rings is 1. The zero-order valence-electron chi connectivity index (χ0n) is 14.1. The van der Waals surface area contributed by atoms with Crippen molar-refractivity contribution in [2.75, 3.05) is 21.3 Å². The van der Waals surface area contributed by atoms with Crippen LogP contribution in [0.3, 0.4) is 0 Å². The molecular weight excluding hydrogens is 304 g/mol. The largest absolute Gasteiger partial charge is 1.00 e. The van der Waals surface area contributed by atoms with Gasteiger partial charge in [0.15, 0.2) is 0 Å². The van der Waals surface area contributed by atoms with E-state index in [1.807, 2.05) is 12.5 Å². The Morgan fingerprint density at radius 2 is 1.41 bits per heavy atom. The van der Waals surface area contributed by atoms with Gasteiger partial charge in [-0.15, -0.1) is 0 Å². The number of halogens is 1. The zero-order chi connectivity index (χ0) is 15.4. The average molecular weight is 335 g/mol. The Hall–Kier alpha value is -0.620. The van der Waals surface area contributed by atoms with Crippen molar-refractivity contribution < 1.29 is 31.2 Å². The number of aryl methyl sites for hydroxylation is 1. The predicted octanol–water partition coefficient (Wildman–Crippen LogP) is 0.0200. The number of aromatic amines is 1. The van der Waals surface area contributed by atoms with Crippen molar-refractivity contribution in [3.05, 3.63) is 18.7 Å². The fourth-order valence-electron chi connectivity index (χ4n) is 2.54. The number of ether oxygens (including phenoxy) is 3. The summed E-state index contributed by atoms with van der Waals surface area (Å²) in [6.07, 6.45) is 15.5. The minimum Gasteiger partial charge on any atom is -1.00 e. The maximum atomic E-state index is 5.28. The highest BCUT2D eigenvalue weighted by Gasteiger charge is 2.28. The third-order valence-corrected chi connectivity index (χ3v) is 3.93. The van der Waals surface area contributed by atoms with Gasteiger partial charge in [-0.2, -0.15) is 0 Å². The van der Waals surface area contributed by atoms with Gasteiger partial charge >= 0.3 is 0 Å². The lowest BCUT2D eigenvalue weighted by atomic mass is 10.1. The summed E-state index contributed by atoms with van der Waals surface area (Å²) in [5.41, 5.74) is 0. The van der Waals surface area contributed by atoms with Gasteiger partial charge in [0, 0.05) is 27.8 Å². The second-order valence-electron chi connectivity index (χ2n) is 5.37. The lowest BCUT2D eigenvalue weighted by Crippen LogP contribution is -3.00. The fraction of sp³-hybridized carbons (Fsp3) is 0.812. The molecule has 6 heteroatoms. The van der Waals surface area contributed by atoms with E-state index >= 15 is 0 Å². The molecule has 0 aromatic carbocycles. The van der Waals surface area contributed by atoms with Crippen molar-refractivity contribution in [2.45, 2.75) is 63.9 Å². The number of methoxy groups -OCH3 is 3. The quantitative estimate of drug-likeness (QED) is 0.314. The van der Waals surface area contributed by atoms with Crippen molar-refractivity contribution in [3.8, 4) is 0 Å². The van der Waals surface area contributed by atoms with E-state index in [9.17, 15) is 0 Å². The van der Waals surface area contributed by atoms with Gasteiger partial charge in [-0.3, -0.25) is 4.98 Å². The number of rotatable bonds is 13. The van der Waals surface area contributed by atoms with E-state index < -0.39 is 5.97 Å². The lowest BCUT2D eigenvalue weighted by molar-refractivity contribution is -0.696. The second-order valence-corrected chi connectivity index (χ2v) is 5.37. The Bertz CT molecular complexity index is 335. The third kappa shape index (κ3) is 8.13. The number of nitrogens with zero attached hydrogens (tertiary/aromatic N) is 1. The first kappa shape index (κ1) is 21.4. The minimum absolute atomic E-state index is 0. The van der Waals surface area contributed by atoms with Gasteiger partial charge in [-0.05, 0) is 19.3 Å². The van der Waals surface area contributed by atoms with Crippen LogP contribution in [0.4, 0.5) is 0 Å². The molecule has 130 valence electrons. The molecule has 0 saturated carbocycles. The van der Waals surface area contributed by atoms with Crippen molar-refractivity contribution in [3.63, 3.8) is 0 Å². The summed E-state index contributed by atoms with van der Waals surface area (Å²) in [5.74, 6) is -0.853. The Balaban J connectivity index is 0.00000441. The standard InChI is InChI=1S/C16H30N2O3.ClH/c1-19-16(20-2,21-3)11-9-7-5-4-6-8-10-13-18-14-12-17-15-18;/h12,14-15H,4-11,13H2,1-3H3;1H. The molecule has 0 unspecified atom stereocenters. The van der Waals surface area contributed by atoms with Crippen molar-refractivity contribution in [1.29, 1.82) is 0 Å². The van der Waals surface area contributed by atoms with E-state index in [1.165, 1.54) is 38.5 Å². The van der Waals surface area contributed by atoms with E-state index in [4.69, 9.17) is 14.2 Å². The highest BCUT2D eigenvalue weighted by molar-refractivity contribution is 4.57. The summed E-state index contributed by atoms with van der Waals surface area (Å²) in [5, 5.41) is 0. The van der Waals surface area contributed by atoms with Crippen LogP contribution < -0.4 is 17.0 Å². The average Bonchev–Trinajstić information content (AvgIpc) is 3.03. The molecule has 0 saturated heterocycles. The van der Waals surface area contributed by atoms with Crippen molar-refractivity contribution in [1.82, 2.24) is 4.98 Å². The Morgan fingerprint density at radius 1 is 0.864 bits per heavy atom. The number of hydrogen-bond donors (Lipinski definition) is 1. The molecule has 0 aliphatic carbocycles. The lowest BCUT2D eigenvalue weighted by Gasteiger charge is -2.28. The van der Waals surface area contributed by atoms with Crippen LogP contribution in [0.25, 0.3) is 0 Å². The number of H-pyrrole nitrogens is 1. The molecule has 1 heterocycles. The van der Waals surface area contributed by atoms with Crippen LogP contribution in [0, 0.1) is 0 Å². The molecule has 0 radical (unpaired) electrons. The van der Waals surface area contributed by atoms with Gasteiger partial charge in [0.2, 0.25) is 6.33 Å². The van der Waals surface area contributed by atoms with Crippen molar-refractivity contribution in [2.24, 2.45) is 0 Å². The van der Waals surface area contributed by atoms with Crippen LogP contribution in [-0.2, 0) is 20.8 Å². The molecule has 1 aromatic rings. The van der Waals surface area contributed by atoms with E-state index in [2.05, 4.69) is 15.7 Å². The molecule has 1 N–H and O–H groups in total. The van der Waals surface area contributed by atoms with E-state index in [0.29, 0.717) is 0 Å². The summed E-state index contributed by atoms with van der Waals surface area (Å²) in [6, 6.07) is 0. The second kappa shape index (κ2) is 12.9. The fourth-order valence-corrected chi connectivity index (χ4v) is 2.54. The maximum absolute atomic E-state index is 5.28. The van der Waals surface area contributed by atoms with Gasteiger partial charge in [-0.25, -0.2) is 4.57 Å². The number of nitrogens with one attached hydrogen (secondary N) is 1. The number of unbranched alkanes of at least 4 members (excludes halogenated alkanes) is 6. The van der Waals surface area contributed by atoms with Gasteiger partial charge in [0.05, 0.1) is 6.54 Å². The van der Waals surface area contributed by atoms with Gasteiger partial charge in [0.1, 0.15) is 12.4 Å². The Kier molecular flexibility index (Phi) is 12.5. The predicted molar refractivity (Wildman–Crippen MR) is 81.7 cm³/mol. The summed E-state index contributed by atoms with van der Waals surface area (Å²) in [7, 11) is 4.86. The van der Waals surface area contributed by atoms with Gasteiger partial charge in [0.25, 0.3) is 5.97 Å². The minimum atomic E-state index is -0.853. The van der Waals surface area contributed by atoms with E-state index in [0.717, 1.165) is 19.4 Å². The monoisotopic (exact) mass is 334 g/mol. The molecule has 0 spiro atoms. The molecule has 1 aromatic heterocycles. The first-order chi connectivity index (χ1) is 10.3. The van der Waals surface area contributed by atoms with Gasteiger partial charge in [-0.1, -0.05) is 25.7 Å². The summed E-state index contributed by atoms with van der Waals surface area (Å²) >= 11 is 0. The summed E-state index contributed by atoms with van der Waals surface area (Å²) < 4.78 is 18.0. The topological polar surface area (TPSA) is 47.4 Å². The van der Waals surface area contributed by atoms with Crippen LogP contribution in [0.15, 0.2) is 18.7 Å².